The fourth-order valence-electron chi connectivity index (χ4n) is 11.1. The Labute approximate surface area is 562 Å². The molecule has 546 valence electrons. The molecular formula is C73H142O17P2. The first kappa shape index (κ1) is 90.1. The molecule has 0 bridgehead atoms. The van der Waals surface area contributed by atoms with Crippen molar-refractivity contribution in [3.8, 4) is 0 Å². The van der Waals surface area contributed by atoms with Gasteiger partial charge in [-0.15, -0.1) is 0 Å². The van der Waals surface area contributed by atoms with Crippen LogP contribution in [0, 0.1) is 11.8 Å². The topological polar surface area (TPSA) is 237 Å². The number of hydrogen-bond acceptors (Lipinski definition) is 15. The molecule has 0 aliphatic rings. The maximum atomic E-state index is 13.1. The van der Waals surface area contributed by atoms with E-state index in [-0.39, 0.29) is 25.7 Å². The van der Waals surface area contributed by atoms with Gasteiger partial charge in [-0.05, 0) is 37.5 Å². The van der Waals surface area contributed by atoms with E-state index in [2.05, 4.69) is 41.5 Å². The number of rotatable bonds is 72. The molecule has 3 N–H and O–H groups in total. The van der Waals surface area contributed by atoms with E-state index in [9.17, 15) is 43.2 Å². The summed E-state index contributed by atoms with van der Waals surface area (Å²) in [6, 6.07) is 0. The summed E-state index contributed by atoms with van der Waals surface area (Å²) in [4.78, 5) is 72.5. The normalized spacial score (nSPS) is 14.4. The number of carbonyl (C=O) groups is 4. The van der Waals surface area contributed by atoms with Gasteiger partial charge in [0.15, 0.2) is 12.2 Å². The molecule has 0 radical (unpaired) electrons. The van der Waals surface area contributed by atoms with Crippen molar-refractivity contribution in [2.75, 3.05) is 39.6 Å². The van der Waals surface area contributed by atoms with E-state index >= 15 is 0 Å². The molecular weight excluding hydrogens is 1210 g/mol. The van der Waals surface area contributed by atoms with E-state index in [1.165, 1.54) is 186 Å². The highest BCUT2D eigenvalue weighted by Gasteiger charge is 2.30. The first-order valence-corrected chi connectivity index (χ1v) is 41.0. The molecule has 0 heterocycles. The molecule has 0 aromatic heterocycles. The molecule has 19 heteroatoms. The van der Waals surface area contributed by atoms with Crippen molar-refractivity contribution in [2.45, 2.75) is 394 Å². The summed E-state index contributed by atoms with van der Waals surface area (Å²) in [6.45, 7) is 9.61. The monoisotopic (exact) mass is 1350 g/mol. The maximum Gasteiger partial charge on any atom is 0.472 e. The lowest BCUT2D eigenvalue weighted by molar-refractivity contribution is -0.161. The third-order valence-corrected chi connectivity index (χ3v) is 19.2. The minimum Gasteiger partial charge on any atom is -0.462 e. The number of hydrogen-bond donors (Lipinski definition) is 3. The Bertz CT molecular complexity index is 1790. The molecule has 0 saturated carbocycles. The summed E-state index contributed by atoms with van der Waals surface area (Å²) in [5.41, 5.74) is 0. The van der Waals surface area contributed by atoms with Crippen LogP contribution in [-0.2, 0) is 65.4 Å². The highest BCUT2D eigenvalue weighted by Crippen LogP contribution is 2.45. The second kappa shape index (κ2) is 65.0. The van der Waals surface area contributed by atoms with Crippen LogP contribution in [0.25, 0.3) is 0 Å². The van der Waals surface area contributed by atoms with E-state index in [0.717, 1.165) is 108 Å². The second-order valence-corrected chi connectivity index (χ2v) is 30.0. The second-order valence-electron chi connectivity index (χ2n) is 27.1. The van der Waals surface area contributed by atoms with Gasteiger partial charge in [-0.3, -0.25) is 37.3 Å². The predicted molar refractivity (Wildman–Crippen MR) is 372 cm³/mol. The fraction of sp³-hybridized carbons (Fsp3) is 0.945. The van der Waals surface area contributed by atoms with Crippen molar-refractivity contribution < 1.29 is 80.2 Å². The van der Waals surface area contributed by atoms with E-state index in [1.807, 2.05) is 0 Å². The minimum atomic E-state index is -4.95. The van der Waals surface area contributed by atoms with Gasteiger partial charge in [-0.1, -0.05) is 324 Å². The van der Waals surface area contributed by atoms with Gasteiger partial charge in [-0.2, -0.15) is 0 Å². The van der Waals surface area contributed by atoms with Gasteiger partial charge >= 0.3 is 39.5 Å². The van der Waals surface area contributed by atoms with Gasteiger partial charge < -0.3 is 33.8 Å². The van der Waals surface area contributed by atoms with Crippen molar-refractivity contribution in [3.05, 3.63) is 0 Å². The van der Waals surface area contributed by atoms with Crippen LogP contribution in [-0.4, -0.2) is 96.7 Å². The zero-order chi connectivity index (χ0) is 67.9. The molecule has 0 aromatic rings. The molecule has 6 atom stereocenters. The molecule has 0 spiro atoms. The number of carbonyl (C=O) groups excluding carboxylic acids is 4. The average molecular weight is 1350 g/mol. The largest absolute Gasteiger partial charge is 0.472 e. The van der Waals surface area contributed by atoms with Gasteiger partial charge in [0.1, 0.15) is 19.3 Å². The van der Waals surface area contributed by atoms with Crippen molar-refractivity contribution >= 4 is 39.5 Å². The molecule has 0 aromatic carbocycles. The quantitative estimate of drug-likeness (QED) is 0.0222. The minimum absolute atomic E-state index is 0.106. The van der Waals surface area contributed by atoms with Crippen molar-refractivity contribution in [3.63, 3.8) is 0 Å². The summed E-state index contributed by atoms with van der Waals surface area (Å²) < 4.78 is 68.3. The Morgan fingerprint density at radius 2 is 0.554 bits per heavy atom. The smallest absolute Gasteiger partial charge is 0.462 e. The van der Waals surface area contributed by atoms with E-state index in [1.54, 1.807) is 0 Å². The van der Waals surface area contributed by atoms with E-state index in [0.29, 0.717) is 25.7 Å². The number of aliphatic hydroxyl groups excluding tert-OH is 1. The molecule has 0 aliphatic carbocycles. The van der Waals surface area contributed by atoms with Crippen LogP contribution >= 0.6 is 15.6 Å². The number of unbranched alkanes of at least 4 members (excludes halogenated alkanes) is 41. The van der Waals surface area contributed by atoms with Crippen LogP contribution in [0.1, 0.15) is 375 Å². The van der Waals surface area contributed by atoms with Crippen LogP contribution in [0.5, 0.6) is 0 Å². The Hall–Kier alpha value is -1.94. The highest BCUT2D eigenvalue weighted by atomic mass is 31.2. The van der Waals surface area contributed by atoms with Crippen LogP contribution < -0.4 is 0 Å². The molecule has 92 heavy (non-hydrogen) atoms. The zero-order valence-corrected chi connectivity index (χ0v) is 61.6. The summed E-state index contributed by atoms with van der Waals surface area (Å²) in [6.07, 6.45) is 51.3. The van der Waals surface area contributed by atoms with Crippen molar-refractivity contribution in [1.82, 2.24) is 0 Å². The SMILES string of the molecule is CCCCCCCCCCCC(=O)O[C@H](COC(=O)CCCCCCCCCC)COP(=O)(O)OC[C@H](O)COP(=O)(O)OC[C@@H](COC(=O)CCCCCCCCCCCCCCCCC(C)C)OC(=O)CCCCCCCCCCCCCCCCC(C)CC. The van der Waals surface area contributed by atoms with Crippen LogP contribution in [0.15, 0.2) is 0 Å². The van der Waals surface area contributed by atoms with E-state index in [4.69, 9.17) is 37.0 Å². The summed E-state index contributed by atoms with van der Waals surface area (Å²) in [7, 11) is -9.90. The summed E-state index contributed by atoms with van der Waals surface area (Å²) >= 11 is 0. The highest BCUT2D eigenvalue weighted by molar-refractivity contribution is 7.47. The fourth-order valence-corrected chi connectivity index (χ4v) is 12.7. The number of phosphoric ester groups is 2. The van der Waals surface area contributed by atoms with Gasteiger partial charge in [0, 0.05) is 25.7 Å². The molecule has 0 fully saturated rings. The molecule has 0 amide bonds. The number of phosphoric acid groups is 2. The van der Waals surface area contributed by atoms with Crippen molar-refractivity contribution in [2.24, 2.45) is 11.8 Å². The van der Waals surface area contributed by atoms with Crippen LogP contribution in [0.4, 0.5) is 0 Å². The zero-order valence-electron chi connectivity index (χ0n) is 59.9. The third-order valence-electron chi connectivity index (χ3n) is 17.3. The lowest BCUT2D eigenvalue weighted by atomic mass is 9.99. The molecule has 3 unspecified atom stereocenters. The summed E-state index contributed by atoms with van der Waals surface area (Å²) in [5, 5.41) is 10.6. The maximum absolute atomic E-state index is 13.1. The lowest BCUT2D eigenvalue weighted by Crippen LogP contribution is -2.30. The lowest BCUT2D eigenvalue weighted by Gasteiger charge is -2.21. The average Bonchev–Trinajstić information content (AvgIpc) is 3.48. The Kier molecular flexibility index (Phi) is 63.7. The molecule has 0 saturated heterocycles. The Morgan fingerprint density at radius 1 is 0.315 bits per heavy atom. The standard InChI is InChI=1S/C73H142O17P2/c1-7-10-12-14-16-30-39-45-51-57-72(77)89-68(61-83-70(75)55-49-43-37-17-15-13-11-8-2)63-87-91(79,80)85-59-67(74)60-86-92(81,82)88-64-69(62-84-71(76)56-50-44-38-33-28-24-20-18-22-26-31-35-41-47-53-65(4)5)90-73(78)58-52-46-40-34-29-25-21-19-23-27-32-36-42-48-54-66(6)9-3/h65-69,74H,7-64H2,1-6H3,(H,79,80)(H,81,82)/t66?,67-,68+,69+/m0/s1. The third kappa shape index (κ3) is 65.4. The number of aliphatic hydroxyl groups is 1. The molecule has 17 nitrogen and oxygen atoms in total. The van der Waals surface area contributed by atoms with Crippen LogP contribution in [0.2, 0.25) is 0 Å². The van der Waals surface area contributed by atoms with Gasteiger partial charge in [-0.25, -0.2) is 9.13 Å². The molecule has 0 rings (SSSR count). The Morgan fingerprint density at radius 3 is 0.826 bits per heavy atom. The summed E-state index contributed by atoms with van der Waals surface area (Å²) in [5.74, 6) is -0.478. The van der Waals surface area contributed by atoms with E-state index < -0.39 is 97.5 Å². The van der Waals surface area contributed by atoms with Crippen molar-refractivity contribution in [1.29, 1.82) is 0 Å². The first-order valence-electron chi connectivity index (χ1n) is 38.0. The molecule has 0 aliphatic heterocycles. The Balaban J connectivity index is 5.19. The predicted octanol–water partition coefficient (Wildman–Crippen LogP) is 21.2. The van der Waals surface area contributed by atoms with Crippen LogP contribution in [0.3, 0.4) is 0 Å². The van der Waals surface area contributed by atoms with Gasteiger partial charge in [0.2, 0.25) is 0 Å². The number of ether oxygens (including phenoxy) is 4. The number of esters is 4. The van der Waals surface area contributed by atoms with Gasteiger partial charge in [0.25, 0.3) is 0 Å². The first-order chi connectivity index (χ1) is 44.4. The van der Waals surface area contributed by atoms with Gasteiger partial charge in [0.05, 0.1) is 26.4 Å².